The molecule has 0 unspecified atom stereocenters. The number of aromatic hydroxyl groups is 1. The van der Waals surface area contributed by atoms with Crippen LogP contribution in [-0.2, 0) is 6.42 Å². The van der Waals surface area contributed by atoms with Gasteiger partial charge in [-0.1, -0.05) is 13.3 Å². The molecule has 1 aromatic rings. The Morgan fingerprint density at radius 2 is 2.19 bits per heavy atom. The number of ketones is 1. The first-order valence-electron chi connectivity index (χ1n) is 7.11. The summed E-state index contributed by atoms with van der Waals surface area (Å²) in [5, 5.41) is 20.7. The molecule has 5 heteroatoms. The lowest BCUT2D eigenvalue weighted by molar-refractivity contribution is 0.101. The summed E-state index contributed by atoms with van der Waals surface area (Å²) >= 11 is 1.25. The molecule has 0 atom stereocenters. The number of nitriles is 1. The van der Waals surface area contributed by atoms with Crippen molar-refractivity contribution >= 4 is 17.5 Å². The summed E-state index contributed by atoms with van der Waals surface area (Å²) in [7, 11) is 0. The Kier molecular flexibility index (Phi) is 7.70. The maximum atomic E-state index is 11.5. The van der Waals surface area contributed by atoms with Gasteiger partial charge in [0, 0.05) is 11.3 Å². The molecule has 114 valence electrons. The highest BCUT2D eigenvalue weighted by Crippen LogP contribution is 2.33. The van der Waals surface area contributed by atoms with Crippen LogP contribution in [0.15, 0.2) is 12.1 Å². The van der Waals surface area contributed by atoms with E-state index in [0.29, 0.717) is 29.9 Å². The van der Waals surface area contributed by atoms with Gasteiger partial charge in [0.2, 0.25) is 0 Å². The largest absolute Gasteiger partial charge is 0.507 e. The summed E-state index contributed by atoms with van der Waals surface area (Å²) in [5.41, 5.74) is 1.05. The number of nitrogens with zero attached hydrogens (tertiary/aromatic N) is 1. The molecule has 1 aromatic carbocycles. The number of rotatable bonds is 9. The van der Waals surface area contributed by atoms with E-state index in [0.717, 1.165) is 25.0 Å². The van der Waals surface area contributed by atoms with Gasteiger partial charge in [-0.05, 0) is 50.1 Å². The normalized spacial score (nSPS) is 10.1. The molecule has 0 aliphatic rings. The molecule has 0 saturated heterocycles. The van der Waals surface area contributed by atoms with E-state index in [1.807, 2.05) is 12.3 Å². The van der Waals surface area contributed by atoms with Crippen molar-refractivity contribution in [1.82, 2.24) is 0 Å². The fraction of sp³-hybridized carbons (Fsp3) is 0.500. The smallest absolute Gasteiger partial charge is 0.163 e. The van der Waals surface area contributed by atoms with Gasteiger partial charge >= 0.3 is 0 Å². The summed E-state index contributed by atoms with van der Waals surface area (Å²) in [6.45, 7) is 4.00. The van der Waals surface area contributed by atoms with Gasteiger partial charge in [0.15, 0.2) is 5.78 Å². The van der Waals surface area contributed by atoms with Gasteiger partial charge in [0.25, 0.3) is 0 Å². The summed E-state index contributed by atoms with van der Waals surface area (Å²) in [5.74, 6) is 1.34. The van der Waals surface area contributed by atoms with Gasteiger partial charge in [-0.15, -0.1) is 0 Å². The zero-order valence-electron chi connectivity index (χ0n) is 12.5. The predicted octanol–water partition coefficient (Wildman–Crippen LogP) is 3.92. The van der Waals surface area contributed by atoms with Crippen molar-refractivity contribution in [3.8, 4) is 16.9 Å². The van der Waals surface area contributed by atoms with Crippen LogP contribution in [0, 0.1) is 10.7 Å². The van der Waals surface area contributed by atoms with Crippen molar-refractivity contribution in [3.63, 3.8) is 0 Å². The number of hydrogen-bond donors (Lipinski definition) is 1. The van der Waals surface area contributed by atoms with Gasteiger partial charge in [-0.3, -0.25) is 4.79 Å². The van der Waals surface area contributed by atoms with Crippen LogP contribution in [0.1, 0.15) is 49.0 Å². The van der Waals surface area contributed by atoms with Crippen LogP contribution in [0.3, 0.4) is 0 Å². The summed E-state index contributed by atoms with van der Waals surface area (Å²) in [6, 6.07) is 3.36. The third kappa shape index (κ3) is 5.31. The molecule has 0 fully saturated rings. The van der Waals surface area contributed by atoms with Crippen LogP contribution in [0.25, 0.3) is 0 Å². The zero-order valence-corrected chi connectivity index (χ0v) is 13.3. The van der Waals surface area contributed by atoms with E-state index in [-0.39, 0.29) is 11.5 Å². The Bertz CT molecular complexity index is 523. The Hall–Kier alpha value is -1.67. The third-order valence-corrected chi connectivity index (χ3v) is 3.70. The van der Waals surface area contributed by atoms with Gasteiger partial charge in [0.1, 0.15) is 16.9 Å². The highest BCUT2D eigenvalue weighted by atomic mass is 32.2. The Labute approximate surface area is 130 Å². The number of carbonyl (C=O) groups excluding carboxylic acids is 1. The van der Waals surface area contributed by atoms with Gasteiger partial charge in [-0.2, -0.15) is 5.26 Å². The first-order chi connectivity index (χ1) is 10.1. The molecule has 0 aromatic heterocycles. The van der Waals surface area contributed by atoms with E-state index >= 15 is 0 Å². The summed E-state index contributed by atoms with van der Waals surface area (Å²) in [6.07, 6.45) is 3.31. The number of hydrogen-bond acceptors (Lipinski definition) is 5. The highest BCUT2D eigenvalue weighted by Gasteiger charge is 2.15. The molecule has 21 heavy (non-hydrogen) atoms. The van der Waals surface area contributed by atoms with E-state index in [2.05, 4.69) is 0 Å². The second-order valence-corrected chi connectivity index (χ2v) is 5.62. The van der Waals surface area contributed by atoms with E-state index in [9.17, 15) is 9.90 Å². The topological polar surface area (TPSA) is 70.3 Å². The summed E-state index contributed by atoms with van der Waals surface area (Å²) < 4.78 is 5.72. The second-order valence-electron chi connectivity index (χ2n) is 4.74. The van der Waals surface area contributed by atoms with Crippen molar-refractivity contribution in [3.05, 3.63) is 23.3 Å². The molecule has 4 nitrogen and oxygen atoms in total. The molecule has 0 aliphatic heterocycles. The predicted molar refractivity (Wildman–Crippen MR) is 84.9 cm³/mol. The maximum absolute atomic E-state index is 11.5. The summed E-state index contributed by atoms with van der Waals surface area (Å²) in [4.78, 5) is 11.5. The van der Waals surface area contributed by atoms with E-state index in [1.165, 1.54) is 18.7 Å². The van der Waals surface area contributed by atoms with Crippen LogP contribution in [0.5, 0.6) is 11.5 Å². The van der Waals surface area contributed by atoms with E-state index in [1.54, 1.807) is 12.1 Å². The standard InChI is InChI=1S/C16H21NO3S/c1-3-6-14-15(20-9-4-5-10-21-11-17)8-7-13(12(2)18)16(14)19/h7-8,19H,3-6,9-10H2,1-2H3. The fourth-order valence-electron chi connectivity index (χ4n) is 2.03. The molecule has 0 saturated carbocycles. The molecule has 0 heterocycles. The fourth-order valence-corrected chi connectivity index (χ4v) is 2.47. The molecule has 0 bridgehead atoms. The number of carbonyl (C=O) groups is 1. The number of ether oxygens (including phenoxy) is 1. The Morgan fingerprint density at radius 3 is 2.81 bits per heavy atom. The van der Waals surface area contributed by atoms with Gasteiger partial charge < -0.3 is 9.84 Å². The minimum Gasteiger partial charge on any atom is -0.507 e. The van der Waals surface area contributed by atoms with Crippen molar-refractivity contribution < 1.29 is 14.6 Å². The number of benzene rings is 1. The molecular weight excluding hydrogens is 286 g/mol. The number of phenols is 1. The SMILES string of the molecule is CCCc1c(OCCCCSC#N)ccc(C(C)=O)c1O. The molecule has 1 rings (SSSR count). The number of thioether (sulfide) groups is 1. The van der Waals surface area contributed by atoms with Crippen molar-refractivity contribution in [2.45, 2.75) is 39.5 Å². The third-order valence-electron chi connectivity index (χ3n) is 3.08. The van der Waals surface area contributed by atoms with Crippen molar-refractivity contribution in [1.29, 1.82) is 5.26 Å². The lowest BCUT2D eigenvalue weighted by Gasteiger charge is -2.14. The average molecular weight is 307 g/mol. The molecule has 0 radical (unpaired) electrons. The van der Waals surface area contributed by atoms with E-state index < -0.39 is 0 Å². The first kappa shape index (κ1) is 17.4. The number of phenolic OH excluding ortho intramolecular Hbond substituents is 1. The molecule has 0 aliphatic carbocycles. The minimum atomic E-state index is -0.148. The monoisotopic (exact) mass is 307 g/mol. The zero-order chi connectivity index (χ0) is 15.7. The lowest BCUT2D eigenvalue weighted by Crippen LogP contribution is -2.03. The van der Waals surface area contributed by atoms with Crippen LogP contribution < -0.4 is 4.74 Å². The minimum absolute atomic E-state index is 0.0434. The number of thiocyanates is 1. The lowest BCUT2D eigenvalue weighted by atomic mass is 10.0. The molecule has 0 amide bonds. The van der Waals surface area contributed by atoms with Crippen LogP contribution in [0.2, 0.25) is 0 Å². The Balaban J connectivity index is 2.71. The maximum Gasteiger partial charge on any atom is 0.163 e. The molecule has 0 spiro atoms. The van der Waals surface area contributed by atoms with Crippen LogP contribution in [-0.4, -0.2) is 23.2 Å². The highest BCUT2D eigenvalue weighted by molar-refractivity contribution is 8.03. The van der Waals surface area contributed by atoms with E-state index in [4.69, 9.17) is 10.00 Å². The molecule has 1 N–H and O–H groups in total. The van der Waals surface area contributed by atoms with Crippen molar-refractivity contribution in [2.24, 2.45) is 0 Å². The van der Waals surface area contributed by atoms with Gasteiger partial charge in [0.05, 0.1) is 12.2 Å². The van der Waals surface area contributed by atoms with Crippen LogP contribution in [0.4, 0.5) is 0 Å². The van der Waals surface area contributed by atoms with Crippen LogP contribution >= 0.6 is 11.8 Å². The Morgan fingerprint density at radius 1 is 1.43 bits per heavy atom. The first-order valence-corrected chi connectivity index (χ1v) is 8.09. The quantitative estimate of drug-likeness (QED) is 0.425. The number of Topliss-reactive ketones (excluding diaryl/α,β-unsaturated/α-hetero) is 1. The number of unbranched alkanes of at least 4 members (excludes halogenated alkanes) is 1. The second kappa shape index (κ2) is 9.30. The molecular formula is C16H21NO3S. The average Bonchev–Trinajstić information content (AvgIpc) is 2.45. The van der Waals surface area contributed by atoms with Crippen molar-refractivity contribution in [2.75, 3.05) is 12.4 Å². The van der Waals surface area contributed by atoms with Gasteiger partial charge in [-0.25, -0.2) is 0 Å².